The van der Waals surface area contributed by atoms with E-state index in [-0.39, 0.29) is 6.15 Å². The van der Waals surface area contributed by atoms with Crippen LogP contribution in [0.25, 0.3) is 0 Å². The molecule has 0 spiro atoms. The fraction of sp³-hybridized carbons (Fsp3) is 0.222. The van der Waals surface area contributed by atoms with Gasteiger partial charge in [-0.1, -0.05) is 12.1 Å². The molecule has 0 unspecified atom stereocenters. The van der Waals surface area contributed by atoms with Gasteiger partial charge in [0.15, 0.2) is 0 Å². The van der Waals surface area contributed by atoms with Crippen molar-refractivity contribution < 1.29 is 9.53 Å². The van der Waals surface area contributed by atoms with Crippen LogP contribution in [0.3, 0.4) is 0 Å². The predicted octanol–water partition coefficient (Wildman–Crippen LogP) is 1.88. The van der Waals surface area contributed by atoms with E-state index in [0.717, 1.165) is 5.56 Å². The van der Waals surface area contributed by atoms with Crippen LogP contribution in [-0.2, 0) is 0 Å². The summed E-state index contributed by atoms with van der Waals surface area (Å²) in [6.07, 6.45) is -0.444. The monoisotopic (exact) mass is 182 g/mol. The van der Waals surface area contributed by atoms with Crippen LogP contribution < -0.4 is 16.2 Å². The Morgan fingerprint density at radius 3 is 2.69 bits per heavy atom. The molecule has 0 atom stereocenters. The molecule has 1 aromatic carbocycles. The Balaban J connectivity index is 0.00000144. The van der Waals surface area contributed by atoms with E-state index in [1.54, 1.807) is 12.1 Å². The van der Waals surface area contributed by atoms with Crippen molar-refractivity contribution in [3.8, 4) is 5.75 Å². The van der Waals surface area contributed by atoms with E-state index in [1.807, 2.05) is 19.1 Å². The highest BCUT2D eigenvalue weighted by Gasteiger charge is 1.99. The molecular formula is C9H14N2O2. The van der Waals surface area contributed by atoms with Crippen LogP contribution in [0.5, 0.6) is 5.75 Å². The topological polar surface area (TPSA) is 73.3 Å². The highest BCUT2D eigenvalue weighted by Crippen LogP contribution is 2.11. The molecular weight excluding hydrogens is 168 g/mol. The molecule has 1 aromatic rings. The zero-order chi connectivity index (χ0) is 8.97. The second-order valence-corrected chi connectivity index (χ2v) is 2.46. The molecule has 0 bridgehead atoms. The van der Waals surface area contributed by atoms with Gasteiger partial charge >= 0.3 is 6.09 Å². The van der Waals surface area contributed by atoms with Gasteiger partial charge in [0.05, 0.1) is 0 Å². The fourth-order valence-electron chi connectivity index (χ4n) is 0.837. The standard InChI is InChI=1S/C9H11NO2.H3N/c1-7-4-3-5-8(6-7)12-9(11)10-2;/h3-6H,1-2H3,(H,10,11);1H3. The van der Waals surface area contributed by atoms with Crippen molar-refractivity contribution in [2.75, 3.05) is 7.05 Å². The summed E-state index contributed by atoms with van der Waals surface area (Å²) in [6.45, 7) is 1.94. The van der Waals surface area contributed by atoms with Crippen molar-refractivity contribution in [2.24, 2.45) is 0 Å². The first-order chi connectivity index (χ1) is 5.72. The summed E-state index contributed by atoms with van der Waals surface area (Å²) in [6, 6.07) is 7.32. The van der Waals surface area contributed by atoms with Crippen molar-refractivity contribution >= 4 is 6.09 Å². The number of amides is 1. The minimum absolute atomic E-state index is 0. The molecule has 1 amide bonds. The number of rotatable bonds is 1. The summed E-state index contributed by atoms with van der Waals surface area (Å²) in [5.41, 5.74) is 1.07. The first-order valence-corrected chi connectivity index (χ1v) is 3.68. The number of nitrogens with one attached hydrogen (secondary N) is 1. The van der Waals surface area contributed by atoms with Crippen LogP contribution in [0, 0.1) is 6.92 Å². The second-order valence-electron chi connectivity index (χ2n) is 2.46. The lowest BCUT2D eigenvalue weighted by Crippen LogP contribution is -2.21. The molecule has 13 heavy (non-hydrogen) atoms. The van der Waals surface area contributed by atoms with Gasteiger partial charge in [-0.3, -0.25) is 0 Å². The van der Waals surface area contributed by atoms with Gasteiger partial charge in [0.2, 0.25) is 0 Å². The van der Waals surface area contributed by atoms with E-state index in [2.05, 4.69) is 5.32 Å². The Kier molecular flexibility index (Phi) is 4.54. The summed E-state index contributed by atoms with van der Waals surface area (Å²) >= 11 is 0. The summed E-state index contributed by atoms with van der Waals surface area (Å²) in [7, 11) is 1.53. The minimum Gasteiger partial charge on any atom is -0.410 e. The number of benzene rings is 1. The number of hydrogen-bond donors (Lipinski definition) is 2. The molecule has 0 saturated carbocycles. The zero-order valence-electron chi connectivity index (χ0n) is 7.83. The first kappa shape index (κ1) is 11.4. The lowest BCUT2D eigenvalue weighted by molar-refractivity contribution is 0.203. The number of ether oxygens (including phenoxy) is 1. The predicted molar refractivity (Wildman–Crippen MR) is 51.3 cm³/mol. The van der Waals surface area contributed by atoms with Crippen molar-refractivity contribution in [3.05, 3.63) is 29.8 Å². The molecule has 0 fully saturated rings. The average molecular weight is 182 g/mol. The molecule has 0 aliphatic heterocycles. The lowest BCUT2D eigenvalue weighted by atomic mass is 10.2. The van der Waals surface area contributed by atoms with Crippen molar-refractivity contribution in [1.29, 1.82) is 0 Å². The summed E-state index contributed by atoms with van der Waals surface area (Å²) < 4.78 is 4.89. The van der Waals surface area contributed by atoms with Crippen LogP contribution >= 0.6 is 0 Å². The molecule has 4 nitrogen and oxygen atoms in total. The molecule has 0 heterocycles. The highest BCUT2D eigenvalue weighted by molar-refractivity contribution is 5.69. The third-order valence-corrected chi connectivity index (χ3v) is 1.40. The summed E-state index contributed by atoms with van der Waals surface area (Å²) in [5, 5.41) is 2.37. The Morgan fingerprint density at radius 1 is 1.46 bits per heavy atom. The molecule has 0 saturated heterocycles. The SMILES string of the molecule is CNC(=O)Oc1cccc(C)c1.N. The van der Waals surface area contributed by atoms with E-state index in [1.165, 1.54) is 7.05 Å². The minimum atomic E-state index is -0.444. The maximum Gasteiger partial charge on any atom is 0.412 e. The molecule has 4 heteroatoms. The van der Waals surface area contributed by atoms with E-state index >= 15 is 0 Å². The molecule has 0 radical (unpaired) electrons. The van der Waals surface area contributed by atoms with Crippen LogP contribution in [0.2, 0.25) is 0 Å². The van der Waals surface area contributed by atoms with E-state index in [9.17, 15) is 4.79 Å². The maximum atomic E-state index is 10.8. The van der Waals surface area contributed by atoms with Gasteiger partial charge in [-0.25, -0.2) is 4.79 Å². The van der Waals surface area contributed by atoms with Crippen LogP contribution in [0.1, 0.15) is 5.56 Å². The Morgan fingerprint density at radius 2 is 2.15 bits per heavy atom. The van der Waals surface area contributed by atoms with Gasteiger partial charge in [0.25, 0.3) is 0 Å². The second kappa shape index (κ2) is 5.16. The van der Waals surface area contributed by atoms with Crippen LogP contribution in [0.15, 0.2) is 24.3 Å². The lowest BCUT2D eigenvalue weighted by Gasteiger charge is -2.02. The summed E-state index contributed by atoms with van der Waals surface area (Å²) in [4.78, 5) is 10.8. The molecule has 0 aliphatic rings. The maximum absolute atomic E-state index is 10.8. The Hall–Kier alpha value is -1.55. The number of hydrogen-bond acceptors (Lipinski definition) is 3. The fourth-order valence-corrected chi connectivity index (χ4v) is 0.837. The average Bonchev–Trinajstić information content (AvgIpc) is 2.04. The molecule has 0 aliphatic carbocycles. The molecule has 1 rings (SSSR count). The largest absolute Gasteiger partial charge is 0.412 e. The molecule has 4 N–H and O–H groups in total. The smallest absolute Gasteiger partial charge is 0.410 e. The van der Waals surface area contributed by atoms with Crippen molar-refractivity contribution in [1.82, 2.24) is 11.5 Å². The first-order valence-electron chi connectivity index (χ1n) is 3.68. The van der Waals surface area contributed by atoms with Gasteiger partial charge in [0.1, 0.15) is 5.75 Å². The van der Waals surface area contributed by atoms with Gasteiger partial charge in [-0.05, 0) is 24.6 Å². The normalized spacial score (nSPS) is 8.46. The van der Waals surface area contributed by atoms with E-state index in [4.69, 9.17) is 4.74 Å². The Labute approximate surface area is 77.5 Å². The Bertz CT molecular complexity index is 287. The molecule has 0 aromatic heterocycles. The van der Waals surface area contributed by atoms with Crippen molar-refractivity contribution in [3.63, 3.8) is 0 Å². The quantitative estimate of drug-likeness (QED) is 0.696. The number of aryl methyl sites for hydroxylation is 1. The molecule has 72 valence electrons. The third-order valence-electron chi connectivity index (χ3n) is 1.40. The van der Waals surface area contributed by atoms with Gasteiger partial charge in [-0.2, -0.15) is 0 Å². The third kappa shape index (κ3) is 3.57. The number of carbonyl (C=O) groups excluding carboxylic acids is 1. The number of carbonyl (C=O) groups is 1. The van der Waals surface area contributed by atoms with E-state index < -0.39 is 6.09 Å². The van der Waals surface area contributed by atoms with Gasteiger partial charge in [0, 0.05) is 7.05 Å². The van der Waals surface area contributed by atoms with Gasteiger partial charge < -0.3 is 16.2 Å². The zero-order valence-corrected chi connectivity index (χ0v) is 7.83. The van der Waals surface area contributed by atoms with E-state index in [0.29, 0.717) is 5.75 Å². The summed E-state index contributed by atoms with van der Waals surface area (Å²) in [5.74, 6) is 0.564. The van der Waals surface area contributed by atoms with Crippen molar-refractivity contribution in [2.45, 2.75) is 6.92 Å². The van der Waals surface area contributed by atoms with Gasteiger partial charge in [-0.15, -0.1) is 0 Å². The van der Waals surface area contributed by atoms with Crippen LogP contribution in [0.4, 0.5) is 4.79 Å². The highest BCUT2D eigenvalue weighted by atomic mass is 16.5. The van der Waals surface area contributed by atoms with Crippen LogP contribution in [-0.4, -0.2) is 13.1 Å².